The van der Waals surface area contributed by atoms with Gasteiger partial charge in [-0.15, -0.1) is 0 Å². The predicted octanol–water partition coefficient (Wildman–Crippen LogP) is 5.00. The summed E-state index contributed by atoms with van der Waals surface area (Å²) in [6.07, 6.45) is -5.01. The van der Waals surface area contributed by atoms with E-state index in [4.69, 9.17) is 0 Å². The molecule has 6 nitrogen and oxygen atoms in total. The van der Waals surface area contributed by atoms with Gasteiger partial charge in [0.1, 0.15) is 5.41 Å². The number of hydrogen-bond acceptors (Lipinski definition) is 4. The minimum absolute atomic E-state index is 0.000728. The number of benzene rings is 4. The molecular formula is C30H15F3N2O4. The number of amides is 4. The van der Waals surface area contributed by atoms with Gasteiger partial charge in [-0.05, 0) is 51.6 Å². The molecule has 1 unspecified atom stereocenters. The Labute approximate surface area is 218 Å². The van der Waals surface area contributed by atoms with E-state index in [1.54, 1.807) is 30.3 Å². The van der Waals surface area contributed by atoms with Gasteiger partial charge in [-0.2, -0.15) is 13.2 Å². The van der Waals surface area contributed by atoms with Crippen molar-refractivity contribution in [1.29, 1.82) is 0 Å². The highest BCUT2D eigenvalue weighted by atomic mass is 19.4. The van der Waals surface area contributed by atoms with Crippen LogP contribution in [0, 0.1) is 0 Å². The molecule has 2 aliphatic carbocycles. The Bertz CT molecular complexity index is 1810. The molecule has 4 amide bonds. The summed E-state index contributed by atoms with van der Waals surface area (Å²) < 4.78 is 48.1. The van der Waals surface area contributed by atoms with Crippen LogP contribution in [0.2, 0.25) is 0 Å². The second kappa shape index (κ2) is 7.50. The van der Waals surface area contributed by atoms with Crippen molar-refractivity contribution >= 4 is 23.6 Å². The van der Waals surface area contributed by atoms with E-state index in [0.29, 0.717) is 11.1 Å². The lowest BCUT2D eigenvalue weighted by Gasteiger charge is -2.40. The summed E-state index contributed by atoms with van der Waals surface area (Å²) in [5.74, 6) is -2.96. The highest BCUT2D eigenvalue weighted by Crippen LogP contribution is 2.58. The standard InChI is InChI=1S/C30H15F3N2O4/c31-30(32,33)29(16-4-2-1-3-5-16,17-10-11-18-20(12-17)26(37)34-25(18)36)24-19-13-21-23(28(39)35-27(21)38)22(24)15-8-6-14(19)7-9-15/h1-13H,(H,34,36,37)(H,35,38,39). The molecular weight excluding hydrogens is 509 g/mol. The molecule has 4 aromatic carbocycles. The second-order valence-electron chi connectivity index (χ2n) is 9.61. The molecule has 190 valence electrons. The van der Waals surface area contributed by atoms with Crippen LogP contribution in [0.15, 0.2) is 78.9 Å². The van der Waals surface area contributed by atoms with Crippen LogP contribution in [-0.2, 0) is 5.41 Å². The Morgan fingerprint density at radius 1 is 0.513 bits per heavy atom. The number of halogens is 3. The molecule has 9 heteroatoms. The summed E-state index contributed by atoms with van der Waals surface area (Å²) in [7, 11) is 0. The van der Waals surface area contributed by atoms with Gasteiger partial charge < -0.3 is 0 Å². The van der Waals surface area contributed by atoms with Crippen molar-refractivity contribution in [1.82, 2.24) is 10.6 Å². The highest BCUT2D eigenvalue weighted by Gasteiger charge is 2.61. The van der Waals surface area contributed by atoms with Crippen molar-refractivity contribution in [3.05, 3.63) is 118 Å². The van der Waals surface area contributed by atoms with Gasteiger partial charge in [-0.1, -0.05) is 60.7 Å². The largest absolute Gasteiger partial charge is 0.406 e. The maximum atomic E-state index is 16.0. The first kappa shape index (κ1) is 23.1. The Morgan fingerprint density at radius 3 is 1.82 bits per heavy atom. The highest BCUT2D eigenvalue weighted by molar-refractivity contribution is 6.25. The lowest BCUT2D eigenvalue weighted by atomic mass is 9.64. The smallest absolute Gasteiger partial charge is 0.288 e. The van der Waals surface area contributed by atoms with Crippen LogP contribution in [-0.4, -0.2) is 29.8 Å². The van der Waals surface area contributed by atoms with E-state index in [1.165, 1.54) is 42.5 Å². The molecule has 0 radical (unpaired) electrons. The Balaban J connectivity index is 1.71. The normalized spacial score (nSPS) is 16.4. The third-order valence-corrected chi connectivity index (χ3v) is 7.69. The fourth-order valence-corrected chi connectivity index (χ4v) is 6.07. The Kier molecular flexibility index (Phi) is 4.44. The number of carbonyl (C=O) groups is 4. The molecule has 8 rings (SSSR count). The van der Waals surface area contributed by atoms with Gasteiger partial charge in [0.2, 0.25) is 0 Å². The Hall–Kier alpha value is -5.05. The topological polar surface area (TPSA) is 92.3 Å². The summed E-state index contributed by atoms with van der Waals surface area (Å²) in [4.78, 5) is 50.5. The van der Waals surface area contributed by atoms with Gasteiger partial charge in [0, 0.05) is 5.56 Å². The summed E-state index contributed by atoms with van der Waals surface area (Å²) in [6, 6.07) is 18.6. The van der Waals surface area contributed by atoms with Crippen LogP contribution in [0.5, 0.6) is 0 Å². The van der Waals surface area contributed by atoms with Crippen molar-refractivity contribution in [2.24, 2.45) is 0 Å². The number of rotatable bonds is 3. The molecule has 39 heavy (non-hydrogen) atoms. The lowest BCUT2D eigenvalue weighted by molar-refractivity contribution is -0.166. The summed E-state index contributed by atoms with van der Waals surface area (Å²) in [6.45, 7) is 0. The lowest BCUT2D eigenvalue weighted by Crippen LogP contribution is -2.45. The fraction of sp³-hybridized carbons (Fsp3) is 0.0667. The maximum Gasteiger partial charge on any atom is 0.406 e. The van der Waals surface area contributed by atoms with Crippen LogP contribution >= 0.6 is 0 Å². The zero-order chi connectivity index (χ0) is 27.3. The molecule has 0 fully saturated rings. The van der Waals surface area contributed by atoms with E-state index in [0.717, 1.165) is 6.07 Å². The SMILES string of the molecule is O=C1NC(=O)c2cc(C(c3ccccc3)(c3c4cc5c(c3-c3ccc-4cc3)C(=O)NC5=O)C(F)(F)F)ccc21. The number of carbonyl (C=O) groups excluding carboxylic acids is 4. The van der Waals surface area contributed by atoms with Crippen molar-refractivity contribution in [3.63, 3.8) is 0 Å². The van der Waals surface area contributed by atoms with E-state index < -0.39 is 35.2 Å². The zero-order valence-corrected chi connectivity index (χ0v) is 19.8. The number of hydrogen-bond donors (Lipinski definition) is 2. The molecule has 0 saturated carbocycles. The summed E-state index contributed by atoms with van der Waals surface area (Å²) in [5, 5.41) is 4.34. The third kappa shape index (κ3) is 2.87. The molecule has 0 spiro atoms. The second-order valence-corrected chi connectivity index (χ2v) is 9.61. The molecule has 4 aromatic rings. The van der Waals surface area contributed by atoms with Crippen molar-refractivity contribution in [2.45, 2.75) is 11.6 Å². The van der Waals surface area contributed by atoms with Crippen LogP contribution in [0.3, 0.4) is 0 Å². The summed E-state index contributed by atoms with van der Waals surface area (Å²) >= 11 is 0. The number of nitrogens with one attached hydrogen (secondary N) is 2. The molecule has 2 heterocycles. The quantitative estimate of drug-likeness (QED) is 0.257. The van der Waals surface area contributed by atoms with Gasteiger partial charge in [-0.3, -0.25) is 29.8 Å². The average Bonchev–Trinajstić information content (AvgIpc) is 3.30. The van der Waals surface area contributed by atoms with E-state index in [1.807, 2.05) is 0 Å². The number of alkyl halides is 3. The maximum absolute atomic E-state index is 16.0. The van der Waals surface area contributed by atoms with Crippen LogP contribution < -0.4 is 10.6 Å². The minimum atomic E-state index is -5.01. The molecule has 0 aromatic heterocycles. The van der Waals surface area contributed by atoms with Crippen LogP contribution in [0.4, 0.5) is 13.2 Å². The van der Waals surface area contributed by atoms with E-state index in [-0.39, 0.29) is 50.1 Å². The van der Waals surface area contributed by atoms with E-state index in [9.17, 15) is 19.2 Å². The third-order valence-electron chi connectivity index (χ3n) is 7.69. The summed E-state index contributed by atoms with van der Waals surface area (Å²) in [5.41, 5.74) is -3.01. The van der Waals surface area contributed by atoms with Gasteiger partial charge >= 0.3 is 6.18 Å². The molecule has 4 aliphatic rings. The van der Waals surface area contributed by atoms with Gasteiger partial charge in [0.25, 0.3) is 23.6 Å². The monoisotopic (exact) mass is 524 g/mol. The molecule has 0 saturated heterocycles. The Morgan fingerprint density at radius 2 is 1.13 bits per heavy atom. The van der Waals surface area contributed by atoms with E-state index in [2.05, 4.69) is 10.6 Å². The zero-order valence-electron chi connectivity index (χ0n) is 19.8. The van der Waals surface area contributed by atoms with Crippen LogP contribution in [0.25, 0.3) is 22.3 Å². The molecule has 4 bridgehead atoms. The minimum Gasteiger partial charge on any atom is -0.288 e. The van der Waals surface area contributed by atoms with Gasteiger partial charge in [0.05, 0.1) is 22.3 Å². The first-order valence-electron chi connectivity index (χ1n) is 11.9. The van der Waals surface area contributed by atoms with Gasteiger partial charge in [0.15, 0.2) is 0 Å². The fourth-order valence-electron chi connectivity index (χ4n) is 6.07. The van der Waals surface area contributed by atoms with E-state index >= 15 is 13.2 Å². The first-order chi connectivity index (χ1) is 18.6. The average molecular weight is 524 g/mol. The van der Waals surface area contributed by atoms with Crippen LogP contribution in [0.1, 0.15) is 58.1 Å². The molecule has 2 N–H and O–H groups in total. The van der Waals surface area contributed by atoms with Crippen molar-refractivity contribution < 1.29 is 32.3 Å². The number of fused-ring (bicyclic) bond motifs is 4. The molecule has 1 atom stereocenters. The molecule has 2 aliphatic heterocycles. The van der Waals surface area contributed by atoms with Crippen molar-refractivity contribution in [3.8, 4) is 22.3 Å². The number of imide groups is 2. The van der Waals surface area contributed by atoms with Gasteiger partial charge in [-0.25, -0.2) is 0 Å². The van der Waals surface area contributed by atoms with Crippen molar-refractivity contribution in [2.75, 3.05) is 0 Å². The predicted molar refractivity (Wildman–Crippen MR) is 133 cm³/mol. The first-order valence-corrected chi connectivity index (χ1v) is 11.9.